The quantitative estimate of drug-likeness (QED) is 0.679. The number of hydrogen-bond acceptors (Lipinski definition) is 2. The number of aromatic nitrogens is 1. The van der Waals surface area contributed by atoms with E-state index in [2.05, 4.69) is 36.3 Å². The Morgan fingerprint density at radius 3 is 2.00 bits per heavy atom. The fourth-order valence-electron chi connectivity index (χ4n) is 2.28. The molecule has 0 fully saturated rings. The average Bonchev–Trinajstić information content (AvgIpc) is 2.93. The molecule has 0 saturated carbocycles. The lowest BCUT2D eigenvalue weighted by atomic mass is 10.0. The first-order valence-corrected chi connectivity index (χ1v) is 6.49. The monoisotopic (exact) mass is 249 g/mol. The zero-order valence-corrected chi connectivity index (χ0v) is 10.8. The molecule has 0 unspecified atom stereocenters. The van der Waals surface area contributed by atoms with Gasteiger partial charge in [-0.05, 0) is 6.42 Å². The Morgan fingerprint density at radius 1 is 0.842 bits per heavy atom. The molecule has 0 bridgehead atoms. The molecule has 0 aliphatic heterocycles. The van der Waals surface area contributed by atoms with E-state index >= 15 is 0 Å². The lowest BCUT2D eigenvalue weighted by Gasteiger charge is -2.01. The topological polar surface area (TPSA) is 26.0 Å². The molecule has 3 aromatic rings. The maximum absolute atomic E-state index is 5.58. The van der Waals surface area contributed by atoms with Gasteiger partial charge in [-0.3, -0.25) is 0 Å². The third-order valence-electron chi connectivity index (χ3n) is 3.22. The molecule has 0 amide bonds. The predicted octanol–water partition coefficient (Wildman–Crippen LogP) is 4.57. The molecule has 0 spiro atoms. The molecule has 0 N–H and O–H groups in total. The first-order valence-electron chi connectivity index (χ1n) is 6.49. The standard InChI is InChI=1S/C17H15NO/c1-2-15-16(13-9-5-3-6-10-13)18-19-17(15)14-11-7-4-8-12-14/h3-12H,2H2,1H3. The van der Waals surface area contributed by atoms with Gasteiger partial charge >= 0.3 is 0 Å². The number of benzene rings is 2. The van der Waals surface area contributed by atoms with Crippen LogP contribution in [-0.4, -0.2) is 5.16 Å². The lowest BCUT2D eigenvalue weighted by molar-refractivity contribution is 0.434. The second-order valence-corrected chi connectivity index (χ2v) is 4.42. The normalized spacial score (nSPS) is 10.6. The molecule has 0 saturated heterocycles. The van der Waals surface area contributed by atoms with Crippen molar-refractivity contribution in [3.8, 4) is 22.6 Å². The van der Waals surface area contributed by atoms with E-state index in [0.29, 0.717) is 0 Å². The van der Waals surface area contributed by atoms with Crippen molar-refractivity contribution < 1.29 is 4.52 Å². The molecule has 3 rings (SSSR count). The average molecular weight is 249 g/mol. The molecule has 1 aromatic heterocycles. The summed E-state index contributed by atoms with van der Waals surface area (Å²) in [6.07, 6.45) is 0.901. The van der Waals surface area contributed by atoms with E-state index in [4.69, 9.17) is 4.52 Å². The predicted molar refractivity (Wildman–Crippen MR) is 76.8 cm³/mol. The fraction of sp³-hybridized carbons (Fsp3) is 0.118. The highest BCUT2D eigenvalue weighted by atomic mass is 16.5. The highest BCUT2D eigenvalue weighted by Crippen LogP contribution is 2.32. The number of hydrogen-bond donors (Lipinski definition) is 0. The second-order valence-electron chi connectivity index (χ2n) is 4.42. The Hall–Kier alpha value is -2.35. The Labute approximate surface area is 112 Å². The Balaban J connectivity index is 2.13. The van der Waals surface area contributed by atoms with Gasteiger partial charge in [0.15, 0.2) is 5.76 Å². The second kappa shape index (κ2) is 5.11. The first kappa shape index (κ1) is 11.7. The molecule has 0 aliphatic carbocycles. The van der Waals surface area contributed by atoms with Crippen LogP contribution in [0.4, 0.5) is 0 Å². The van der Waals surface area contributed by atoms with E-state index in [9.17, 15) is 0 Å². The van der Waals surface area contributed by atoms with Crippen LogP contribution in [0, 0.1) is 0 Å². The Bertz CT molecular complexity index is 599. The van der Waals surface area contributed by atoms with Crippen LogP contribution < -0.4 is 0 Å². The van der Waals surface area contributed by atoms with E-state index in [0.717, 1.165) is 34.6 Å². The van der Waals surface area contributed by atoms with Crippen LogP contribution in [0.1, 0.15) is 12.5 Å². The lowest BCUT2D eigenvalue weighted by Crippen LogP contribution is -1.86. The minimum atomic E-state index is 0.877. The molecular formula is C17H15NO. The molecular weight excluding hydrogens is 234 g/mol. The Morgan fingerprint density at radius 2 is 1.42 bits per heavy atom. The van der Waals surface area contributed by atoms with E-state index in [1.807, 2.05) is 36.4 Å². The van der Waals surface area contributed by atoms with Crippen LogP contribution in [0.15, 0.2) is 65.2 Å². The minimum Gasteiger partial charge on any atom is -0.355 e. The zero-order chi connectivity index (χ0) is 13.1. The molecule has 2 heteroatoms. The maximum Gasteiger partial charge on any atom is 0.170 e. The fourth-order valence-corrected chi connectivity index (χ4v) is 2.28. The van der Waals surface area contributed by atoms with Crippen LogP contribution in [0.3, 0.4) is 0 Å². The van der Waals surface area contributed by atoms with Crippen molar-refractivity contribution in [1.82, 2.24) is 5.16 Å². The van der Waals surface area contributed by atoms with Crippen molar-refractivity contribution >= 4 is 0 Å². The van der Waals surface area contributed by atoms with Gasteiger partial charge in [-0.15, -0.1) is 0 Å². The first-order chi connectivity index (χ1) is 9.40. The van der Waals surface area contributed by atoms with Gasteiger partial charge in [0.1, 0.15) is 5.69 Å². The van der Waals surface area contributed by atoms with Gasteiger partial charge in [0.25, 0.3) is 0 Å². The molecule has 2 aromatic carbocycles. The maximum atomic E-state index is 5.58. The minimum absolute atomic E-state index is 0.877. The molecule has 2 nitrogen and oxygen atoms in total. The summed E-state index contributed by atoms with van der Waals surface area (Å²) in [4.78, 5) is 0. The highest BCUT2D eigenvalue weighted by molar-refractivity contribution is 5.72. The summed E-state index contributed by atoms with van der Waals surface area (Å²) >= 11 is 0. The van der Waals surface area contributed by atoms with Gasteiger partial charge in [-0.25, -0.2) is 0 Å². The zero-order valence-electron chi connectivity index (χ0n) is 10.8. The molecule has 19 heavy (non-hydrogen) atoms. The smallest absolute Gasteiger partial charge is 0.170 e. The summed E-state index contributed by atoms with van der Waals surface area (Å²) < 4.78 is 5.58. The van der Waals surface area contributed by atoms with Crippen molar-refractivity contribution in [2.24, 2.45) is 0 Å². The van der Waals surface area contributed by atoms with Gasteiger partial charge in [-0.1, -0.05) is 72.7 Å². The third kappa shape index (κ3) is 2.17. The van der Waals surface area contributed by atoms with Crippen molar-refractivity contribution in [3.05, 3.63) is 66.2 Å². The van der Waals surface area contributed by atoms with Crippen LogP contribution in [0.2, 0.25) is 0 Å². The van der Waals surface area contributed by atoms with Crippen LogP contribution in [-0.2, 0) is 6.42 Å². The van der Waals surface area contributed by atoms with Crippen molar-refractivity contribution in [2.75, 3.05) is 0 Å². The van der Waals surface area contributed by atoms with Crippen LogP contribution in [0.25, 0.3) is 22.6 Å². The van der Waals surface area contributed by atoms with Gasteiger partial charge in [-0.2, -0.15) is 0 Å². The summed E-state index contributed by atoms with van der Waals surface area (Å²) in [5, 5.41) is 4.26. The van der Waals surface area contributed by atoms with E-state index in [1.165, 1.54) is 0 Å². The summed E-state index contributed by atoms with van der Waals surface area (Å²) in [6, 6.07) is 20.3. The molecule has 94 valence electrons. The van der Waals surface area contributed by atoms with Crippen LogP contribution in [0.5, 0.6) is 0 Å². The Kier molecular flexibility index (Phi) is 3.15. The molecule has 0 radical (unpaired) electrons. The number of nitrogens with zero attached hydrogens (tertiary/aromatic N) is 1. The molecule has 0 aliphatic rings. The summed E-state index contributed by atoms with van der Waals surface area (Å²) in [5.74, 6) is 0.877. The SMILES string of the molecule is CCc1c(-c2ccccc2)noc1-c1ccccc1. The van der Waals surface area contributed by atoms with Gasteiger partial charge in [0, 0.05) is 16.7 Å². The van der Waals surface area contributed by atoms with Crippen molar-refractivity contribution in [3.63, 3.8) is 0 Å². The number of rotatable bonds is 3. The van der Waals surface area contributed by atoms with Crippen LogP contribution >= 0.6 is 0 Å². The molecule has 0 atom stereocenters. The summed E-state index contributed by atoms with van der Waals surface area (Å²) in [5.41, 5.74) is 4.29. The van der Waals surface area contributed by atoms with Crippen molar-refractivity contribution in [2.45, 2.75) is 13.3 Å². The van der Waals surface area contributed by atoms with Gasteiger partial charge in [0.2, 0.25) is 0 Å². The van der Waals surface area contributed by atoms with Gasteiger partial charge in [0.05, 0.1) is 0 Å². The van der Waals surface area contributed by atoms with Crippen molar-refractivity contribution in [1.29, 1.82) is 0 Å². The van der Waals surface area contributed by atoms with E-state index in [-0.39, 0.29) is 0 Å². The molecule has 1 heterocycles. The van der Waals surface area contributed by atoms with Gasteiger partial charge < -0.3 is 4.52 Å². The largest absolute Gasteiger partial charge is 0.355 e. The van der Waals surface area contributed by atoms with E-state index < -0.39 is 0 Å². The summed E-state index contributed by atoms with van der Waals surface area (Å²) in [6.45, 7) is 2.13. The highest BCUT2D eigenvalue weighted by Gasteiger charge is 2.16. The third-order valence-corrected chi connectivity index (χ3v) is 3.22. The summed E-state index contributed by atoms with van der Waals surface area (Å²) in [7, 11) is 0. The van der Waals surface area contributed by atoms with E-state index in [1.54, 1.807) is 0 Å².